The predicted octanol–water partition coefficient (Wildman–Crippen LogP) is 3.15. The summed E-state index contributed by atoms with van der Waals surface area (Å²) in [4.78, 5) is 12.6. The molecule has 0 saturated carbocycles. The minimum atomic E-state index is -3.35. The van der Waals surface area contributed by atoms with Gasteiger partial charge in [0.1, 0.15) is 6.04 Å². The maximum atomic E-state index is 12.6. The van der Waals surface area contributed by atoms with E-state index in [0.717, 1.165) is 19.3 Å². The molecule has 0 bridgehead atoms. The molecule has 1 atom stereocenters. The van der Waals surface area contributed by atoms with E-state index in [1.807, 2.05) is 19.1 Å². The first kappa shape index (κ1) is 19.3. The third-order valence-electron chi connectivity index (χ3n) is 4.83. The van der Waals surface area contributed by atoms with Gasteiger partial charge in [-0.3, -0.25) is 4.79 Å². The van der Waals surface area contributed by atoms with E-state index >= 15 is 0 Å². The summed E-state index contributed by atoms with van der Waals surface area (Å²) in [7, 11) is -3.35. The van der Waals surface area contributed by atoms with Crippen molar-refractivity contribution in [3.05, 3.63) is 35.2 Å². The molecular formula is C19H26N2O3S2. The highest BCUT2D eigenvalue weighted by molar-refractivity contribution is 7.89. The number of carbonyl (C=O) groups is 1. The summed E-state index contributed by atoms with van der Waals surface area (Å²) >= 11 is 1.71. The molecule has 142 valence electrons. The lowest BCUT2D eigenvalue weighted by Gasteiger charge is -2.33. The van der Waals surface area contributed by atoms with Crippen LogP contribution >= 0.6 is 11.3 Å². The SMILES string of the molecule is CCCS(=O)(=O)N1CCCCC1C(=O)NCCc1csc2ccccc12. The van der Waals surface area contributed by atoms with Crippen molar-refractivity contribution in [2.24, 2.45) is 0 Å². The van der Waals surface area contributed by atoms with Crippen molar-refractivity contribution < 1.29 is 13.2 Å². The van der Waals surface area contributed by atoms with Gasteiger partial charge in [0.05, 0.1) is 5.75 Å². The molecular weight excluding hydrogens is 368 g/mol. The highest BCUT2D eigenvalue weighted by atomic mass is 32.2. The molecule has 1 fully saturated rings. The zero-order valence-electron chi connectivity index (χ0n) is 15.1. The second-order valence-corrected chi connectivity index (χ2v) is 9.69. The quantitative estimate of drug-likeness (QED) is 0.784. The van der Waals surface area contributed by atoms with E-state index in [4.69, 9.17) is 0 Å². The van der Waals surface area contributed by atoms with Crippen LogP contribution in [0.1, 0.15) is 38.2 Å². The fourth-order valence-corrected chi connectivity index (χ4v) is 6.28. The van der Waals surface area contributed by atoms with Crippen molar-refractivity contribution in [3.8, 4) is 0 Å². The van der Waals surface area contributed by atoms with Gasteiger partial charge in [0.15, 0.2) is 0 Å². The molecule has 1 N–H and O–H groups in total. The summed E-state index contributed by atoms with van der Waals surface area (Å²) in [6, 6.07) is 7.69. The Bertz CT molecular complexity index is 861. The molecule has 0 radical (unpaired) electrons. The molecule has 0 aliphatic carbocycles. The third kappa shape index (κ3) is 4.27. The molecule has 7 heteroatoms. The van der Waals surface area contributed by atoms with E-state index in [0.29, 0.717) is 25.9 Å². The first-order valence-corrected chi connectivity index (χ1v) is 11.7. The molecule has 1 aliphatic heterocycles. The van der Waals surface area contributed by atoms with Gasteiger partial charge in [0.25, 0.3) is 0 Å². The second kappa shape index (κ2) is 8.50. The number of hydrogen-bond donors (Lipinski definition) is 1. The van der Waals surface area contributed by atoms with Gasteiger partial charge in [-0.25, -0.2) is 8.42 Å². The Balaban J connectivity index is 1.61. The molecule has 26 heavy (non-hydrogen) atoms. The summed E-state index contributed by atoms with van der Waals surface area (Å²) in [6.07, 6.45) is 3.65. The molecule has 1 unspecified atom stereocenters. The number of amides is 1. The molecule has 1 saturated heterocycles. The van der Waals surface area contributed by atoms with Crippen LogP contribution in [0.5, 0.6) is 0 Å². The third-order valence-corrected chi connectivity index (χ3v) is 7.92. The molecule has 1 aliphatic rings. The van der Waals surface area contributed by atoms with Gasteiger partial charge < -0.3 is 5.32 Å². The minimum Gasteiger partial charge on any atom is -0.354 e. The van der Waals surface area contributed by atoms with Crippen LogP contribution in [-0.2, 0) is 21.2 Å². The monoisotopic (exact) mass is 394 g/mol. The second-order valence-electron chi connectivity index (χ2n) is 6.74. The van der Waals surface area contributed by atoms with Crippen molar-refractivity contribution >= 4 is 37.4 Å². The van der Waals surface area contributed by atoms with Gasteiger partial charge in [-0.15, -0.1) is 11.3 Å². The number of thiophene rings is 1. The van der Waals surface area contributed by atoms with E-state index < -0.39 is 16.1 Å². The number of sulfonamides is 1. The first-order valence-electron chi connectivity index (χ1n) is 9.25. The number of nitrogens with zero attached hydrogens (tertiary/aromatic N) is 1. The fourth-order valence-electron chi connectivity index (χ4n) is 3.54. The molecule has 2 heterocycles. The smallest absolute Gasteiger partial charge is 0.238 e. The zero-order valence-corrected chi connectivity index (χ0v) is 16.7. The topological polar surface area (TPSA) is 66.5 Å². The average molecular weight is 395 g/mol. The average Bonchev–Trinajstić information content (AvgIpc) is 3.05. The number of fused-ring (bicyclic) bond motifs is 1. The maximum absolute atomic E-state index is 12.6. The van der Waals surface area contributed by atoms with Crippen LogP contribution < -0.4 is 5.32 Å². The summed E-state index contributed by atoms with van der Waals surface area (Å²) in [5.41, 5.74) is 1.23. The van der Waals surface area contributed by atoms with Gasteiger partial charge in [-0.1, -0.05) is 31.5 Å². The van der Waals surface area contributed by atoms with Gasteiger partial charge in [-0.05, 0) is 48.1 Å². The van der Waals surface area contributed by atoms with Crippen LogP contribution in [0.25, 0.3) is 10.1 Å². The standard InChI is InChI=1S/C19H26N2O3S2/c1-2-13-26(23,24)21-12-6-5-8-17(21)19(22)20-11-10-15-14-25-18-9-4-3-7-16(15)18/h3-4,7,9,14,17H,2,5-6,8,10-13H2,1H3,(H,20,22). The summed E-state index contributed by atoms with van der Waals surface area (Å²) < 4.78 is 27.6. The normalized spacial score (nSPS) is 18.9. The van der Waals surface area contributed by atoms with Crippen molar-refractivity contribution in [3.63, 3.8) is 0 Å². The van der Waals surface area contributed by atoms with Gasteiger partial charge in [0.2, 0.25) is 15.9 Å². The first-order chi connectivity index (χ1) is 12.5. The van der Waals surface area contributed by atoms with E-state index in [9.17, 15) is 13.2 Å². The Labute approximate surface area is 159 Å². The number of rotatable bonds is 7. The van der Waals surface area contributed by atoms with Crippen LogP contribution in [0, 0.1) is 0 Å². The molecule has 1 aromatic carbocycles. The minimum absolute atomic E-state index is 0.109. The largest absolute Gasteiger partial charge is 0.354 e. The van der Waals surface area contributed by atoms with E-state index in [-0.39, 0.29) is 11.7 Å². The van der Waals surface area contributed by atoms with Crippen molar-refractivity contribution in [2.45, 2.75) is 45.1 Å². The lowest BCUT2D eigenvalue weighted by Crippen LogP contribution is -2.52. The molecule has 1 amide bonds. The Morgan fingerprint density at radius 2 is 2.12 bits per heavy atom. The number of benzene rings is 1. The lowest BCUT2D eigenvalue weighted by molar-refractivity contribution is -0.125. The lowest BCUT2D eigenvalue weighted by atomic mass is 10.0. The number of nitrogens with one attached hydrogen (secondary N) is 1. The maximum Gasteiger partial charge on any atom is 0.238 e. The van der Waals surface area contributed by atoms with Crippen molar-refractivity contribution in [1.29, 1.82) is 0 Å². The Kier molecular flexibility index (Phi) is 6.32. The highest BCUT2D eigenvalue weighted by Crippen LogP contribution is 2.26. The molecule has 2 aromatic rings. The van der Waals surface area contributed by atoms with E-state index in [1.165, 1.54) is 20.0 Å². The van der Waals surface area contributed by atoms with Crippen molar-refractivity contribution in [1.82, 2.24) is 9.62 Å². The fraction of sp³-hybridized carbons (Fsp3) is 0.526. The molecule has 0 spiro atoms. The number of piperidine rings is 1. The van der Waals surface area contributed by atoms with Crippen LogP contribution in [-0.4, -0.2) is 43.5 Å². The number of carbonyl (C=O) groups excluding carboxylic acids is 1. The molecule has 1 aromatic heterocycles. The molecule has 3 rings (SSSR count). The van der Waals surface area contributed by atoms with Gasteiger partial charge >= 0.3 is 0 Å². The van der Waals surface area contributed by atoms with Gasteiger partial charge in [-0.2, -0.15) is 4.31 Å². The summed E-state index contributed by atoms with van der Waals surface area (Å²) in [5.74, 6) is -0.0542. The van der Waals surface area contributed by atoms with Crippen LogP contribution in [0.4, 0.5) is 0 Å². The Morgan fingerprint density at radius 3 is 2.92 bits per heavy atom. The predicted molar refractivity (Wildman–Crippen MR) is 107 cm³/mol. The Morgan fingerprint density at radius 1 is 1.31 bits per heavy atom. The highest BCUT2D eigenvalue weighted by Gasteiger charge is 2.35. The van der Waals surface area contributed by atoms with Crippen LogP contribution in [0.15, 0.2) is 29.6 Å². The molecule has 5 nitrogen and oxygen atoms in total. The van der Waals surface area contributed by atoms with E-state index in [1.54, 1.807) is 11.3 Å². The van der Waals surface area contributed by atoms with E-state index in [2.05, 4.69) is 22.8 Å². The van der Waals surface area contributed by atoms with Gasteiger partial charge in [0, 0.05) is 17.8 Å². The number of hydrogen-bond acceptors (Lipinski definition) is 4. The van der Waals surface area contributed by atoms with Crippen molar-refractivity contribution in [2.75, 3.05) is 18.8 Å². The summed E-state index contributed by atoms with van der Waals surface area (Å²) in [5, 5.41) is 6.33. The summed E-state index contributed by atoms with van der Waals surface area (Å²) in [6.45, 7) is 2.83. The van der Waals surface area contributed by atoms with Crippen LogP contribution in [0.2, 0.25) is 0 Å². The van der Waals surface area contributed by atoms with Crippen LogP contribution in [0.3, 0.4) is 0 Å². The Hall–Kier alpha value is -1.44. The zero-order chi connectivity index (χ0) is 18.6.